The molecule has 2 aliphatic carbocycles. The van der Waals surface area contributed by atoms with Gasteiger partial charge in [0.1, 0.15) is 28.7 Å². The number of benzene rings is 3. The van der Waals surface area contributed by atoms with Crippen molar-refractivity contribution in [2.24, 2.45) is 11.3 Å². The van der Waals surface area contributed by atoms with Crippen LogP contribution in [0.5, 0.6) is 17.4 Å². The van der Waals surface area contributed by atoms with E-state index in [9.17, 15) is 28.4 Å². The summed E-state index contributed by atoms with van der Waals surface area (Å²) in [4.78, 5) is 44.2. The molecule has 2 saturated carbocycles. The van der Waals surface area contributed by atoms with Crippen LogP contribution in [0.4, 0.5) is 21.5 Å². The first-order chi connectivity index (χ1) is 35.9. The number of aromatic amines is 1. The number of H-pyrrole nitrogens is 1. The fourth-order valence-corrected chi connectivity index (χ4v) is 12.8. The van der Waals surface area contributed by atoms with Gasteiger partial charge in [0, 0.05) is 93.9 Å². The molecule has 17 nitrogen and oxygen atoms in total. The van der Waals surface area contributed by atoms with E-state index in [0.717, 1.165) is 87.8 Å². The Kier molecular flexibility index (Phi) is 14.6. The number of nitrogens with zero attached hydrogens (tertiary/aromatic N) is 6. The summed E-state index contributed by atoms with van der Waals surface area (Å²) in [6.45, 7) is 11.4. The number of aromatic nitrogens is 3. The number of rotatable bonds is 16. The molecule has 75 heavy (non-hydrogen) atoms. The van der Waals surface area contributed by atoms with Crippen LogP contribution < -0.4 is 24.4 Å². The van der Waals surface area contributed by atoms with Crippen molar-refractivity contribution in [1.29, 1.82) is 0 Å². The van der Waals surface area contributed by atoms with Crippen LogP contribution in [0.2, 0.25) is 0 Å². The number of piperazine rings is 1. The fourth-order valence-electron chi connectivity index (χ4n) is 11.9. The smallest absolute Gasteiger partial charge is 0.293 e. The molecule has 396 valence electrons. The van der Waals surface area contributed by atoms with E-state index in [2.05, 4.69) is 74.2 Å². The number of carbonyl (C=O) groups excluding carboxylic acids is 1. The number of anilines is 2. The number of hydrogen-bond donors (Lipinski definition) is 4. The number of sulfonamides is 1. The molecule has 6 aromatic rings. The van der Waals surface area contributed by atoms with E-state index < -0.39 is 48.4 Å². The van der Waals surface area contributed by atoms with Gasteiger partial charge in [-0.05, 0) is 123 Å². The summed E-state index contributed by atoms with van der Waals surface area (Å²) in [7, 11) is -3.10. The van der Waals surface area contributed by atoms with Crippen molar-refractivity contribution >= 4 is 44.0 Å². The van der Waals surface area contributed by atoms with E-state index >= 15 is 4.39 Å². The van der Waals surface area contributed by atoms with Crippen molar-refractivity contribution in [3.63, 3.8) is 0 Å². The lowest BCUT2D eigenvalue weighted by molar-refractivity contribution is -0.384. The van der Waals surface area contributed by atoms with E-state index in [1.807, 2.05) is 21.9 Å². The van der Waals surface area contributed by atoms with Gasteiger partial charge in [-0.15, -0.1) is 0 Å². The third kappa shape index (κ3) is 11.3. The number of aliphatic hydroxyl groups is 1. The van der Waals surface area contributed by atoms with Crippen molar-refractivity contribution in [1.82, 2.24) is 29.5 Å². The molecule has 1 spiro atoms. The van der Waals surface area contributed by atoms with E-state index in [4.69, 9.17) is 9.47 Å². The molecular weight excluding hydrogens is 978 g/mol. The van der Waals surface area contributed by atoms with Gasteiger partial charge in [-0.1, -0.05) is 44.2 Å². The lowest BCUT2D eigenvalue weighted by Crippen LogP contribution is -2.60. The average molecular weight is 1040 g/mol. The Hall–Kier alpha value is -6.67. The third-order valence-corrected chi connectivity index (χ3v) is 17.6. The van der Waals surface area contributed by atoms with E-state index in [0.29, 0.717) is 56.0 Å². The zero-order chi connectivity index (χ0) is 52.6. The largest absolute Gasteiger partial charge is 0.481 e. The normalized spacial score (nSPS) is 21.5. The molecule has 0 unspecified atom stereocenters. The second-order valence-corrected chi connectivity index (χ2v) is 23.4. The second-order valence-electron chi connectivity index (χ2n) is 21.7. The van der Waals surface area contributed by atoms with Gasteiger partial charge in [-0.2, -0.15) is 0 Å². The summed E-state index contributed by atoms with van der Waals surface area (Å²) in [6, 6.07) is 22.8. The first-order valence-electron chi connectivity index (χ1n) is 26.0. The lowest BCUT2D eigenvalue weighted by atomic mass is 9.59. The molecule has 1 atom stereocenters. The molecule has 2 aliphatic heterocycles. The maximum Gasteiger partial charge on any atom is 0.293 e. The number of hydrogen-bond acceptors (Lipinski definition) is 14. The van der Waals surface area contributed by atoms with Crippen molar-refractivity contribution in [3.05, 3.63) is 136 Å². The van der Waals surface area contributed by atoms with Gasteiger partial charge >= 0.3 is 0 Å². The minimum Gasteiger partial charge on any atom is -0.481 e. The number of halogens is 1. The number of piperidine rings is 1. The summed E-state index contributed by atoms with van der Waals surface area (Å²) in [5.41, 5.74) is 3.31. The number of nitrogens with one attached hydrogen (secondary N) is 3. The van der Waals surface area contributed by atoms with Crippen LogP contribution in [0.25, 0.3) is 11.0 Å². The van der Waals surface area contributed by atoms with Gasteiger partial charge in [0.05, 0.1) is 40.0 Å². The van der Waals surface area contributed by atoms with Crippen molar-refractivity contribution in [3.8, 4) is 17.4 Å². The Balaban J connectivity index is 0.844. The van der Waals surface area contributed by atoms with Crippen molar-refractivity contribution < 1.29 is 37.1 Å². The number of amides is 1. The standard InChI is InChI=1S/C56H66FN9O8S/c1-36(2)43-7-5-6-8-44(43)50-35-63(34-38-9-12-52(73-4)60-32-38)23-24-65(50)40-29-56(30-40)18-21-64(22-19-56)48-28-51(74-41-25-39-15-20-58-53(39)61-33-41)45(27-46(48)57)54(67)62-75(71,72)42-10-11-47(49(26-42)66(69)70)59-31-37-13-16-55(3,68)17-14-37/h5-12,15,20,25-28,32-33,36-37,40,50,59,68H,13-14,16-19,21-24,29-31,34-35H2,1-4H3,(H,58,61)(H,62,67)/t37-,50-,55-/m0/s1. The van der Waals surface area contributed by atoms with E-state index in [1.165, 1.54) is 35.5 Å². The molecule has 3 aromatic heterocycles. The van der Waals surface area contributed by atoms with Crippen molar-refractivity contribution in [2.45, 2.75) is 107 Å². The maximum atomic E-state index is 16.6. The Bertz CT molecular complexity index is 3160. The molecule has 2 saturated heterocycles. The minimum atomic E-state index is -4.73. The van der Waals surface area contributed by atoms with Gasteiger partial charge in [0.2, 0.25) is 5.88 Å². The molecule has 1 amide bonds. The van der Waals surface area contributed by atoms with E-state index in [1.54, 1.807) is 32.4 Å². The highest BCUT2D eigenvalue weighted by Crippen LogP contribution is 2.54. The van der Waals surface area contributed by atoms with Crippen LogP contribution in [0.1, 0.15) is 111 Å². The quantitative estimate of drug-likeness (QED) is 0.0526. The number of methoxy groups -OCH3 is 1. The number of carbonyl (C=O) groups is 1. The maximum absolute atomic E-state index is 16.6. The Morgan fingerprint density at radius 2 is 1.75 bits per heavy atom. The molecule has 0 radical (unpaired) electrons. The number of ether oxygens (including phenoxy) is 2. The van der Waals surface area contributed by atoms with Crippen LogP contribution in [0.3, 0.4) is 0 Å². The van der Waals surface area contributed by atoms with E-state index in [-0.39, 0.29) is 40.2 Å². The Labute approximate surface area is 437 Å². The Morgan fingerprint density at radius 3 is 2.47 bits per heavy atom. The topological polar surface area (TPSA) is 208 Å². The molecule has 4 fully saturated rings. The zero-order valence-electron chi connectivity index (χ0n) is 42.9. The molecular formula is C56H66FN9O8S. The third-order valence-electron chi connectivity index (χ3n) is 16.2. The highest BCUT2D eigenvalue weighted by Gasteiger charge is 2.50. The predicted molar refractivity (Wildman–Crippen MR) is 284 cm³/mol. The molecule has 4 aliphatic rings. The van der Waals surface area contributed by atoms with Gasteiger partial charge in [0.15, 0.2) is 0 Å². The summed E-state index contributed by atoms with van der Waals surface area (Å²) in [5.74, 6) is -0.629. The first-order valence-corrected chi connectivity index (χ1v) is 27.5. The number of pyridine rings is 2. The number of fused-ring (bicyclic) bond motifs is 1. The highest BCUT2D eigenvalue weighted by atomic mass is 32.2. The fraction of sp³-hybridized carbons (Fsp3) is 0.446. The minimum absolute atomic E-state index is 0.0929. The van der Waals surface area contributed by atoms with Gasteiger partial charge < -0.3 is 29.8 Å². The average Bonchev–Trinajstić information content (AvgIpc) is 3.87. The molecule has 19 heteroatoms. The van der Waals surface area contributed by atoms with Crippen LogP contribution in [0.15, 0.2) is 102 Å². The van der Waals surface area contributed by atoms with Crippen LogP contribution >= 0.6 is 0 Å². The molecule has 0 bridgehead atoms. The first kappa shape index (κ1) is 51.8. The van der Waals surface area contributed by atoms with Crippen LogP contribution in [0, 0.1) is 27.3 Å². The molecule has 10 rings (SSSR count). The molecule has 3 aromatic carbocycles. The summed E-state index contributed by atoms with van der Waals surface area (Å²) < 4.78 is 57.9. The molecule has 5 heterocycles. The van der Waals surface area contributed by atoms with Crippen LogP contribution in [-0.4, -0.2) is 107 Å². The van der Waals surface area contributed by atoms with Gasteiger partial charge in [0.25, 0.3) is 21.6 Å². The predicted octanol–water partition coefficient (Wildman–Crippen LogP) is 9.71. The summed E-state index contributed by atoms with van der Waals surface area (Å²) >= 11 is 0. The summed E-state index contributed by atoms with van der Waals surface area (Å²) in [5, 5.41) is 26.4. The number of nitro groups is 1. The van der Waals surface area contributed by atoms with Gasteiger partial charge in [-0.25, -0.2) is 27.5 Å². The monoisotopic (exact) mass is 1040 g/mol. The Morgan fingerprint density at radius 1 is 0.973 bits per heavy atom. The van der Waals surface area contributed by atoms with Gasteiger partial charge in [-0.3, -0.25) is 24.7 Å². The highest BCUT2D eigenvalue weighted by molar-refractivity contribution is 7.90. The van der Waals surface area contributed by atoms with Crippen LogP contribution in [-0.2, 0) is 16.6 Å². The zero-order valence-corrected chi connectivity index (χ0v) is 43.7. The number of nitro benzene ring substituents is 1. The second kappa shape index (κ2) is 21.2. The SMILES string of the molecule is COc1ccc(CN2CCN(C3CC4(CCN(c5cc(Oc6cnc7[nH]ccc7c6)c(C(=O)NS(=O)(=O)c6ccc(NC[C@H]7CC[C@](C)(O)CC7)c([N+](=O)[O-])c6)cc5F)CC4)C3)[C@H](c3ccccc3C(C)C)C2)cn1. The lowest BCUT2D eigenvalue weighted by Gasteiger charge is -2.58. The van der Waals surface area contributed by atoms with Crippen molar-refractivity contribution in [2.75, 3.05) is 56.6 Å². The summed E-state index contributed by atoms with van der Waals surface area (Å²) in [6.07, 6.45) is 11.5. The molecule has 4 N–H and O–H groups in total.